The van der Waals surface area contributed by atoms with E-state index in [9.17, 15) is 0 Å². The fourth-order valence-corrected chi connectivity index (χ4v) is 1.16. The number of hydrogen-bond acceptors (Lipinski definition) is 2. The molecule has 0 aromatic carbocycles. The molecule has 0 amide bonds. The van der Waals surface area contributed by atoms with Crippen LogP contribution in [0.15, 0.2) is 0 Å². The Morgan fingerprint density at radius 3 is 2.62 bits per heavy atom. The maximum Gasteiger partial charge on any atom is 0.0431 e. The average Bonchev–Trinajstić information content (AvgIpc) is 1.81. The van der Waals surface area contributed by atoms with Crippen molar-refractivity contribution in [3.63, 3.8) is 0 Å². The molecule has 2 heteroatoms. The topological polar surface area (TPSA) is 20.2 Å². The molecule has 0 saturated carbocycles. The lowest BCUT2D eigenvalue weighted by Crippen LogP contribution is -1.84. The molecular formula is C6H14OS. The highest BCUT2D eigenvalue weighted by molar-refractivity contribution is 7.99. The number of hydrogen-bond donors (Lipinski definition) is 1. The molecular weight excluding hydrogens is 120 g/mol. The van der Waals surface area contributed by atoms with E-state index in [1.54, 1.807) is 0 Å². The SMILES string of the molecule is CCSCCCCO. The summed E-state index contributed by atoms with van der Waals surface area (Å²) < 4.78 is 0. The van der Waals surface area contributed by atoms with E-state index in [4.69, 9.17) is 5.11 Å². The first-order valence-corrected chi connectivity index (χ1v) is 4.26. The third kappa shape index (κ3) is 6.31. The fraction of sp³-hybridized carbons (Fsp3) is 1.00. The molecule has 0 aliphatic heterocycles. The number of rotatable bonds is 5. The van der Waals surface area contributed by atoms with Gasteiger partial charge in [0.1, 0.15) is 0 Å². The van der Waals surface area contributed by atoms with Crippen LogP contribution >= 0.6 is 11.8 Å². The summed E-state index contributed by atoms with van der Waals surface area (Å²) in [5.41, 5.74) is 0. The van der Waals surface area contributed by atoms with E-state index in [1.807, 2.05) is 11.8 Å². The lowest BCUT2D eigenvalue weighted by atomic mass is 10.4. The highest BCUT2D eigenvalue weighted by Gasteiger charge is 1.84. The highest BCUT2D eigenvalue weighted by Crippen LogP contribution is 2.01. The zero-order valence-corrected chi connectivity index (χ0v) is 6.21. The highest BCUT2D eigenvalue weighted by atomic mass is 32.2. The average molecular weight is 134 g/mol. The largest absolute Gasteiger partial charge is 0.396 e. The zero-order chi connectivity index (χ0) is 6.24. The molecule has 0 atom stereocenters. The Bertz CT molecular complexity index is 33.5. The van der Waals surface area contributed by atoms with Crippen molar-refractivity contribution in [1.29, 1.82) is 0 Å². The zero-order valence-electron chi connectivity index (χ0n) is 5.39. The van der Waals surface area contributed by atoms with Crippen molar-refractivity contribution in [2.24, 2.45) is 0 Å². The van der Waals surface area contributed by atoms with Crippen LogP contribution in [0.3, 0.4) is 0 Å². The van der Waals surface area contributed by atoms with Gasteiger partial charge in [0.15, 0.2) is 0 Å². The smallest absolute Gasteiger partial charge is 0.0431 e. The Hall–Kier alpha value is 0.310. The number of unbranched alkanes of at least 4 members (excludes halogenated alkanes) is 1. The van der Waals surface area contributed by atoms with E-state index >= 15 is 0 Å². The second-order valence-corrected chi connectivity index (χ2v) is 3.02. The van der Waals surface area contributed by atoms with E-state index in [-0.39, 0.29) is 0 Å². The normalized spacial score (nSPS) is 9.75. The van der Waals surface area contributed by atoms with Gasteiger partial charge in [0.05, 0.1) is 0 Å². The molecule has 8 heavy (non-hydrogen) atoms. The van der Waals surface area contributed by atoms with Crippen LogP contribution in [0.5, 0.6) is 0 Å². The van der Waals surface area contributed by atoms with Gasteiger partial charge in [-0.25, -0.2) is 0 Å². The van der Waals surface area contributed by atoms with Gasteiger partial charge in [-0.15, -0.1) is 0 Å². The minimum Gasteiger partial charge on any atom is -0.396 e. The summed E-state index contributed by atoms with van der Waals surface area (Å²) in [6, 6.07) is 0. The van der Waals surface area contributed by atoms with Gasteiger partial charge in [0.2, 0.25) is 0 Å². The van der Waals surface area contributed by atoms with Gasteiger partial charge in [0.25, 0.3) is 0 Å². The summed E-state index contributed by atoms with van der Waals surface area (Å²) in [6.45, 7) is 2.51. The molecule has 0 aliphatic rings. The predicted octanol–water partition coefficient (Wildman–Crippen LogP) is 1.51. The van der Waals surface area contributed by atoms with Crippen molar-refractivity contribution in [2.45, 2.75) is 19.8 Å². The summed E-state index contributed by atoms with van der Waals surface area (Å²) in [5, 5.41) is 8.36. The van der Waals surface area contributed by atoms with Crippen molar-refractivity contribution >= 4 is 11.8 Å². The summed E-state index contributed by atoms with van der Waals surface area (Å²) in [5.74, 6) is 2.41. The fourth-order valence-electron chi connectivity index (χ4n) is 0.460. The van der Waals surface area contributed by atoms with Crippen molar-refractivity contribution in [3.05, 3.63) is 0 Å². The minimum atomic E-state index is 0.351. The molecule has 1 N–H and O–H groups in total. The van der Waals surface area contributed by atoms with E-state index in [2.05, 4.69) is 6.92 Å². The van der Waals surface area contributed by atoms with Gasteiger partial charge in [-0.3, -0.25) is 0 Å². The van der Waals surface area contributed by atoms with Gasteiger partial charge in [-0.05, 0) is 24.3 Å². The molecule has 0 aliphatic carbocycles. The number of aliphatic hydroxyl groups is 1. The molecule has 0 bridgehead atoms. The Balaban J connectivity index is 2.53. The van der Waals surface area contributed by atoms with Gasteiger partial charge in [0, 0.05) is 6.61 Å². The van der Waals surface area contributed by atoms with Crippen LogP contribution in [-0.4, -0.2) is 23.2 Å². The van der Waals surface area contributed by atoms with E-state index in [0.717, 1.165) is 12.8 Å². The van der Waals surface area contributed by atoms with Crippen LogP contribution in [0.2, 0.25) is 0 Å². The van der Waals surface area contributed by atoms with E-state index in [0.29, 0.717) is 6.61 Å². The van der Waals surface area contributed by atoms with Crippen molar-refractivity contribution in [2.75, 3.05) is 18.1 Å². The molecule has 0 rings (SSSR count). The maximum atomic E-state index is 8.36. The molecule has 50 valence electrons. The maximum absolute atomic E-state index is 8.36. The van der Waals surface area contributed by atoms with Gasteiger partial charge < -0.3 is 5.11 Å². The van der Waals surface area contributed by atoms with Crippen molar-refractivity contribution < 1.29 is 5.11 Å². The van der Waals surface area contributed by atoms with Crippen molar-refractivity contribution in [3.8, 4) is 0 Å². The monoisotopic (exact) mass is 134 g/mol. The second kappa shape index (κ2) is 7.31. The van der Waals surface area contributed by atoms with E-state index in [1.165, 1.54) is 11.5 Å². The first-order valence-electron chi connectivity index (χ1n) is 3.10. The first kappa shape index (κ1) is 8.31. The third-order valence-corrected chi connectivity index (χ3v) is 1.89. The predicted molar refractivity (Wildman–Crippen MR) is 39.3 cm³/mol. The van der Waals surface area contributed by atoms with Crippen LogP contribution in [0.4, 0.5) is 0 Å². The third-order valence-electron chi connectivity index (χ3n) is 0.901. The van der Waals surface area contributed by atoms with E-state index < -0.39 is 0 Å². The Morgan fingerprint density at radius 2 is 2.12 bits per heavy atom. The van der Waals surface area contributed by atoms with Crippen LogP contribution in [-0.2, 0) is 0 Å². The summed E-state index contributed by atoms with van der Waals surface area (Å²) >= 11 is 1.94. The summed E-state index contributed by atoms with van der Waals surface area (Å²) in [6.07, 6.45) is 2.13. The molecule has 0 radical (unpaired) electrons. The quantitative estimate of drug-likeness (QED) is 0.575. The molecule has 0 fully saturated rings. The Kier molecular flexibility index (Phi) is 7.59. The molecule has 0 unspecified atom stereocenters. The minimum absolute atomic E-state index is 0.351. The number of thioether (sulfide) groups is 1. The number of aliphatic hydroxyl groups excluding tert-OH is 1. The lowest BCUT2D eigenvalue weighted by Gasteiger charge is -1.93. The van der Waals surface area contributed by atoms with Crippen LogP contribution in [0, 0.1) is 0 Å². The molecule has 0 aromatic rings. The van der Waals surface area contributed by atoms with Crippen LogP contribution in [0.25, 0.3) is 0 Å². The van der Waals surface area contributed by atoms with Gasteiger partial charge in [-0.2, -0.15) is 11.8 Å². The molecule has 0 spiro atoms. The molecule has 0 saturated heterocycles. The second-order valence-electron chi connectivity index (χ2n) is 1.63. The molecule has 0 heterocycles. The Morgan fingerprint density at radius 1 is 1.38 bits per heavy atom. The Labute approximate surface area is 55.5 Å². The van der Waals surface area contributed by atoms with Crippen molar-refractivity contribution in [1.82, 2.24) is 0 Å². The van der Waals surface area contributed by atoms with Gasteiger partial charge >= 0.3 is 0 Å². The van der Waals surface area contributed by atoms with Crippen LogP contribution in [0.1, 0.15) is 19.8 Å². The standard InChI is InChI=1S/C6H14OS/c1-2-8-6-4-3-5-7/h7H,2-6H2,1H3. The summed E-state index contributed by atoms with van der Waals surface area (Å²) in [4.78, 5) is 0. The lowest BCUT2D eigenvalue weighted by molar-refractivity contribution is 0.287. The molecule has 0 aromatic heterocycles. The first-order chi connectivity index (χ1) is 3.91. The summed E-state index contributed by atoms with van der Waals surface area (Å²) in [7, 11) is 0. The van der Waals surface area contributed by atoms with Gasteiger partial charge in [-0.1, -0.05) is 6.92 Å². The van der Waals surface area contributed by atoms with Crippen LogP contribution < -0.4 is 0 Å². The molecule has 1 nitrogen and oxygen atoms in total.